The van der Waals surface area contributed by atoms with Crippen LogP contribution in [0.2, 0.25) is 0 Å². The van der Waals surface area contributed by atoms with E-state index < -0.39 is 0 Å². The summed E-state index contributed by atoms with van der Waals surface area (Å²) in [4.78, 5) is 7.83. The number of oxime groups is 1. The third-order valence-electron chi connectivity index (χ3n) is 2.83. The average Bonchev–Trinajstić information content (AvgIpc) is 2.27. The van der Waals surface area contributed by atoms with Crippen LogP contribution in [-0.4, -0.2) is 49.6 Å². The van der Waals surface area contributed by atoms with Crippen molar-refractivity contribution < 1.29 is 9.57 Å². The molecular weight excluding hydrogens is 204 g/mol. The minimum Gasteiger partial charge on any atom is -0.391 e. The smallest absolute Gasteiger partial charge is 0.137 e. The van der Waals surface area contributed by atoms with Gasteiger partial charge in [-0.05, 0) is 19.8 Å². The van der Waals surface area contributed by atoms with Crippen LogP contribution in [0.4, 0.5) is 0 Å². The Morgan fingerprint density at radius 3 is 2.50 bits per heavy atom. The lowest BCUT2D eigenvalue weighted by atomic mass is 10.1. The molecule has 0 spiro atoms. The Kier molecular flexibility index (Phi) is 5.77. The van der Waals surface area contributed by atoms with Gasteiger partial charge in [-0.1, -0.05) is 19.0 Å². The lowest BCUT2D eigenvalue weighted by molar-refractivity contribution is -0.00447. The van der Waals surface area contributed by atoms with Crippen LogP contribution in [0.15, 0.2) is 5.16 Å². The Morgan fingerprint density at radius 2 is 1.94 bits per heavy atom. The standard InChI is InChI=1S/C12H24N2O2/c1-10(2)12(4)13-16-11(3)9-14-5-7-15-8-6-14/h10-11H,5-9H2,1-4H3/b13-12+. The van der Waals surface area contributed by atoms with Gasteiger partial charge in [0.2, 0.25) is 0 Å². The van der Waals surface area contributed by atoms with Crippen molar-refractivity contribution in [3.63, 3.8) is 0 Å². The van der Waals surface area contributed by atoms with Crippen molar-refractivity contribution >= 4 is 5.71 Å². The molecule has 0 radical (unpaired) electrons. The van der Waals surface area contributed by atoms with Crippen molar-refractivity contribution in [3.8, 4) is 0 Å². The molecule has 1 saturated heterocycles. The number of ether oxygens (including phenoxy) is 1. The monoisotopic (exact) mass is 228 g/mol. The van der Waals surface area contributed by atoms with Crippen LogP contribution < -0.4 is 0 Å². The van der Waals surface area contributed by atoms with Crippen molar-refractivity contribution in [3.05, 3.63) is 0 Å². The van der Waals surface area contributed by atoms with Crippen LogP contribution in [0, 0.1) is 5.92 Å². The molecular formula is C12H24N2O2. The lowest BCUT2D eigenvalue weighted by Crippen LogP contribution is -2.40. The number of rotatable bonds is 5. The second-order valence-electron chi connectivity index (χ2n) is 4.72. The summed E-state index contributed by atoms with van der Waals surface area (Å²) in [6.45, 7) is 12.9. The van der Waals surface area contributed by atoms with Gasteiger partial charge in [0, 0.05) is 19.6 Å². The van der Waals surface area contributed by atoms with E-state index in [2.05, 4.69) is 30.8 Å². The zero-order valence-corrected chi connectivity index (χ0v) is 10.9. The predicted octanol–water partition coefficient (Wildman–Crippen LogP) is 1.76. The minimum absolute atomic E-state index is 0.145. The molecule has 4 nitrogen and oxygen atoms in total. The van der Waals surface area contributed by atoms with Gasteiger partial charge in [-0.2, -0.15) is 0 Å². The van der Waals surface area contributed by atoms with E-state index in [1.54, 1.807) is 0 Å². The highest BCUT2D eigenvalue weighted by molar-refractivity contribution is 5.83. The van der Waals surface area contributed by atoms with E-state index in [1.165, 1.54) is 0 Å². The highest BCUT2D eigenvalue weighted by atomic mass is 16.6. The maximum absolute atomic E-state index is 5.47. The molecule has 1 unspecified atom stereocenters. The Morgan fingerprint density at radius 1 is 1.31 bits per heavy atom. The van der Waals surface area contributed by atoms with Crippen molar-refractivity contribution in [1.29, 1.82) is 0 Å². The summed E-state index contributed by atoms with van der Waals surface area (Å²) in [6, 6.07) is 0. The first-order chi connectivity index (χ1) is 7.59. The number of nitrogens with zero attached hydrogens (tertiary/aromatic N) is 2. The Bertz CT molecular complexity index is 223. The molecule has 4 heteroatoms. The van der Waals surface area contributed by atoms with E-state index in [-0.39, 0.29) is 6.10 Å². The molecule has 1 fully saturated rings. The molecule has 0 aliphatic carbocycles. The minimum atomic E-state index is 0.145. The van der Waals surface area contributed by atoms with E-state index in [9.17, 15) is 0 Å². The van der Waals surface area contributed by atoms with Gasteiger partial charge in [0.1, 0.15) is 6.10 Å². The van der Waals surface area contributed by atoms with Gasteiger partial charge in [-0.15, -0.1) is 0 Å². The first kappa shape index (κ1) is 13.5. The van der Waals surface area contributed by atoms with Crippen molar-refractivity contribution in [2.45, 2.75) is 33.8 Å². The molecule has 1 aliphatic rings. The summed E-state index contributed by atoms with van der Waals surface area (Å²) in [6.07, 6.45) is 0.145. The third kappa shape index (κ3) is 4.94. The second-order valence-corrected chi connectivity index (χ2v) is 4.72. The fourth-order valence-electron chi connectivity index (χ4n) is 1.46. The summed E-state index contributed by atoms with van der Waals surface area (Å²) in [5, 5.41) is 4.15. The molecule has 1 rings (SSSR count). The van der Waals surface area contributed by atoms with E-state index >= 15 is 0 Å². The molecule has 0 aromatic heterocycles. The first-order valence-corrected chi connectivity index (χ1v) is 6.10. The fourth-order valence-corrected chi connectivity index (χ4v) is 1.46. The SMILES string of the molecule is C/C(=N\OC(C)CN1CCOCC1)C(C)C. The molecule has 0 aromatic rings. The third-order valence-corrected chi connectivity index (χ3v) is 2.83. The molecule has 0 N–H and O–H groups in total. The molecule has 0 amide bonds. The van der Waals surface area contributed by atoms with Gasteiger partial charge < -0.3 is 9.57 Å². The van der Waals surface area contributed by atoms with Gasteiger partial charge >= 0.3 is 0 Å². The van der Waals surface area contributed by atoms with Crippen LogP contribution in [-0.2, 0) is 9.57 Å². The first-order valence-electron chi connectivity index (χ1n) is 6.10. The zero-order valence-electron chi connectivity index (χ0n) is 10.9. The van der Waals surface area contributed by atoms with E-state index in [4.69, 9.17) is 9.57 Å². The lowest BCUT2D eigenvalue weighted by Gasteiger charge is -2.28. The summed E-state index contributed by atoms with van der Waals surface area (Å²) >= 11 is 0. The maximum Gasteiger partial charge on any atom is 0.137 e. The van der Waals surface area contributed by atoms with E-state index in [0.717, 1.165) is 38.6 Å². The van der Waals surface area contributed by atoms with E-state index in [1.807, 2.05) is 6.92 Å². The van der Waals surface area contributed by atoms with Gasteiger partial charge in [-0.25, -0.2) is 0 Å². The number of hydrogen-bond donors (Lipinski definition) is 0. The molecule has 1 heterocycles. The molecule has 0 bridgehead atoms. The van der Waals surface area contributed by atoms with Crippen molar-refractivity contribution in [2.75, 3.05) is 32.8 Å². The fraction of sp³-hybridized carbons (Fsp3) is 0.917. The summed E-state index contributed by atoms with van der Waals surface area (Å²) in [7, 11) is 0. The summed E-state index contributed by atoms with van der Waals surface area (Å²) < 4.78 is 5.30. The summed E-state index contributed by atoms with van der Waals surface area (Å²) in [5.74, 6) is 0.454. The Hall–Kier alpha value is -0.610. The Balaban J connectivity index is 2.24. The second kappa shape index (κ2) is 6.86. The quantitative estimate of drug-likeness (QED) is 0.531. The molecule has 1 aliphatic heterocycles. The zero-order chi connectivity index (χ0) is 12.0. The molecule has 94 valence electrons. The van der Waals surface area contributed by atoms with Crippen LogP contribution in [0.1, 0.15) is 27.7 Å². The molecule has 1 atom stereocenters. The maximum atomic E-state index is 5.47. The molecule has 16 heavy (non-hydrogen) atoms. The largest absolute Gasteiger partial charge is 0.391 e. The van der Waals surface area contributed by atoms with E-state index in [0.29, 0.717) is 5.92 Å². The molecule has 0 saturated carbocycles. The summed E-state index contributed by atoms with van der Waals surface area (Å²) in [5.41, 5.74) is 1.05. The van der Waals surface area contributed by atoms with Crippen LogP contribution in [0.3, 0.4) is 0 Å². The highest BCUT2D eigenvalue weighted by Gasteiger charge is 2.14. The van der Waals surface area contributed by atoms with Gasteiger partial charge in [0.15, 0.2) is 0 Å². The highest BCUT2D eigenvalue weighted by Crippen LogP contribution is 2.03. The van der Waals surface area contributed by atoms with Crippen molar-refractivity contribution in [2.24, 2.45) is 11.1 Å². The van der Waals surface area contributed by atoms with Gasteiger partial charge in [0.05, 0.1) is 18.9 Å². The average molecular weight is 228 g/mol. The predicted molar refractivity (Wildman–Crippen MR) is 65.8 cm³/mol. The van der Waals surface area contributed by atoms with Crippen LogP contribution >= 0.6 is 0 Å². The number of morpholine rings is 1. The molecule has 0 aromatic carbocycles. The number of hydrogen-bond acceptors (Lipinski definition) is 4. The van der Waals surface area contributed by atoms with Gasteiger partial charge in [-0.3, -0.25) is 4.90 Å². The van der Waals surface area contributed by atoms with Crippen LogP contribution in [0.25, 0.3) is 0 Å². The van der Waals surface area contributed by atoms with Crippen molar-refractivity contribution in [1.82, 2.24) is 4.90 Å². The topological polar surface area (TPSA) is 34.1 Å². The normalized spacial score (nSPS) is 21.2. The Labute approximate surface area is 98.6 Å². The van der Waals surface area contributed by atoms with Gasteiger partial charge in [0.25, 0.3) is 0 Å². The van der Waals surface area contributed by atoms with Crippen LogP contribution in [0.5, 0.6) is 0 Å².